The second kappa shape index (κ2) is 4.50. The molecule has 0 aliphatic carbocycles. The Labute approximate surface area is 135 Å². The fourth-order valence-corrected chi connectivity index (χ4v) is 4.03. The Kier molecular flexibility index (Phi) is 2.89. The lowest BCUT2D eigenvalue weighted by atomic mass is 9.77. The number of ether oxygens (including phenoxy) is 1. The molecule has 2 saturated heterocycles. The first-order valence-electron chi connectivity index (χ1n) is 7.10. The van der Waals surface area contributed by atoms with Gasteiger partial charge in [-0.25, -0.2) is 4.90 Å². The minimum absolute atomic E-state index is 0.254. The fourth-order valence-electron chi connectivity index (χ4n) is 3.66. The van der Waals surface area contributed by atoms with Gasteiger partial charge in [0.05, 0.1) is 30.2 Å². The van der Waals surface area contributed by atoms with E-state index in [0.717, 1.165) is 10.0 Å². The van der Waals surface area contributed by atoms with Crippen molar-refractivity contribution in [1.29, 1.82) is 0 Å². The van der Waals surface area contributed by atoms with Crippen molar-refractivity contribution in [3.05, 3.63) is 40.4 Å². The summed E-state index contributed by atoms with van der Waals surface area (Å²) >= 11 is 3.43. The molecule has 0 aromatic heterocycles. The molecule has 4 rings (SSSR count). The van der Waals surface area contributed by atoms with Gasteiger partial charge >= 0.3 is 0 Å². The molecule has 1 aromatic rings. The highest BCUT2D eigenvalue weighted by Gasteiger charge is 2.67. The minimum Gasteiger partial charge on any atom is -0.393 e. The van der Waals surface area contributed by atoms with Gasteiger partial charge in [0, 0.05) is 4.47 Å². The summed E-state index contributed by atoms with van der Waals surface area (Å²) in [5.41, 5.74) is 0.535. The summed E-state index contributed by atoms with van der Waals surface area (Å²) in [5.74, 6) is -1.73. The molecule has 3 heterocycles. The Hall–Kier alpha value is -1.50. The number of aliphatic hydroxyl groups is 1. The molecule has 4 atom stereocenters. The number of fused-ring (bicyclic) bond motifs is 5. The third kappa shape index (κ3) is 1.60. The number of carbonyl (C=O) groups excluding carboxylic acids is 2. The average Bonchev–Trinajstić information content (AvgIpc) is 3.14. The van der Waals surface area contributed by atoms with Gasteiger partial charge in [-0.1, -0.05) is 34.1 Å². The minimum atomic E-state index is -1.04. The summed E-state index contributed by atoms with van der Waals surface area (Å²) in [4.78, 5) is 26.8. The number of amides is 2. The standard InChI is InChI=1S/C16H14BrNO4/c1-8-2-3-9(6-10(8)17)18-14(20)12-11-4-5-16(7-19,22-11)13(12)15(18)21/h2-6,11-13,19H,7H2,1H3/t11-,12-,13-,16+/m0/s1. The maximum Gasteiger partial charge on any atom is 0.241 e. The molecular formula is C16H14BrNO4. The van der Waals surface area contributed by atoms with Crippen LogP contribution in [0.1, 0.15) is 5.56 Å². The molecule has 114 valence electrons. The summed E-state index contributed by atoms with van der Waals surface area (Å²) < 4.78 is 6.55. The molecule has 6 heteroatoms. The number of carbonyl (C=O) groups is 2. The highest BCUT2D eigenvalue weighted by Crippen LogP contribution is 2.52. The Morgan fingerprint density at radius 1 is 1.36 bits per heavy atom. The second-order valence-electron chi connectivity index (χ2n) is 6.00. The van der Waals surface area contributed by atoms with E-state index in [0.29, 0.717) is 5.69 Å². The van der Waals surface area contributed by atoms with E-state index in [1.54, 1.807) is 24.3 Å². The Balaban J connectivity index is 1.77. The third-order valence-electron chi connectivity index (χ3n) is 4.82. The molecule has 5 nitrogen and oxygen atoms in total. The molecule has 0 unspecified atom stereocenters. The van der Waals surface area contributed by atoms with Gasteiger partial charge in [0.15, 0.2) is 0 Å². The van der Waals surface area contributed by atoms with Crippen LogP contribution >= 0.6 is 15.9 Å². The molecule has 2 bridgehead atoms. The molecule has 22 heavy (non-hydrogen) atoms. The van der Waals surface area contributed by atoms with Gasteiger partial charge in [-0.2, -0.15) is 0 Å². The normalized spacial score (nSPS) is 35.6. The molecule has 3 aliphatic rings. The second-order valence-corrected chi connectivity index (χ2v) is 6.86. The van der Waals surface area contributed by atoms with Gasteiger partial charge in [0.2, 0.25) is 11.8 Å². The van der Waals surface area contributed by atoms with Crippen LogP contribution < -0.4 is 4.90 Å². The summed E-state index contributed by atoms with van der Waals surface area (Å²) in [7, 11) is 0. The van der Waals surface area contributed by atoms with Gasteiger partial charge in [-0.05, 0) is 24.6 Å². The van der Waals surface area contributed by atoms with Crippen molar-refractivity contribution in [2.24, 2.45) is 11.8 Å². The van der Waals surface area contributed by atoms with Gasteiger partial charge < -0.3 is 9.84 Å². The first-order valence-corrected chi connectivity index (χ1v) is 7.90. The van der Waals surface area contributed by atoms with Crippen LogP contribution in [0.25, 0.3) is 0 Å². The van der Waals surface area contributed by atoms with Gasteiger partial charge in [0.25, 0.3) is 0 Å². The highest BCUT2D eigenvalue weighted by molar-refractivity contribution is 9.10. The van der Waals surface area contributed by atoms with Gasteiger partial charge in [-0.15, -0.1) is 0 Å². The van der Waals surface area contributed by atoms with Crippen LogP contribution in [0, 0.1) is 18.8 Å². The van der Waals surface area contributed by atoms with Crippen molar-refractivity contribution in [1.82, 2.24) is 0 Å². The number of aryl methyl sites for hydroxylation is 1. The maximum absolute atomic E-state index is 12.8. The van der Waals surface area contributed by atoms with Crippen LogP contribution in [0.3, 0.4) is 0 Å². The van der Waals surface area contributed by atoms with E-state index in [1.165, 1.54) is 4.90 Å². The van der Waals surface area contributed by atoms with Gasteiger partial charge in [-0.3, -0.25) is 9.59 Å². The Morgan fingerprint density at radius 3 is 2.82 bits per heavy atom. The molecule has 0 spiro atoms. The van der Waals surface area contributed by atoms with Crippen molar-refractivity contribution in [3.63, 3.8) is 0 Å². The first kappa shape index (κ1) is 14.1. The van der Waals surface area contributed by atoms with Gasteiger partial charge in [0.1, 0.15) is 5.60 Å². The predicted molar refractivity (Wildman–Crippen MR) is 82.2 cm³/mol. The number of aliphatic hydroxyl groups excluding tert-OH is 1. The summed E-state index contributed by atoms with van der Waals surface area (Å²) in [6.07, 6.45) is 3.07. The topological polar surface area (TPSA) is 66.8 Å². The predicted octanol–water partition coefficient (Wildman–Crippen LogP) is 1.56. The molecule has 3 aliphatic heterocycles. The van der Waals surface area contributed by atoms with Crippen LogP contribution in [0.15, 0.2) is 34.8 Å². The smallest absolute Gasteiger partial charge is 0.241 e. The fraction of sp³-hybridized carbons (Fsp3) is 0.375. The molecule has 2 amide bonds. The quantitative estimate of drug-likeness (QED) is 0.639. The van der Waals surface area contributed by atoms with Crippen molar-refractivity contribution in [2.75, 3.05) is 11.5 Å². The largest absolute Gasteiger partial charge is 0.393 e. The number of hydrogen-bond donors (Lipinski definition) is 1. The molecule has 0 saturated carbocycles. The van der Waals surface area contributed by atoms with E-state index >= 15 is 0 Å². The highest BCUT2D eigenvalue weighted by atomic mass is 79.9. The summed E-state index contributed by atoms with van der Waals surface area (Å²) in [6.45, 7) is 1.64. The molecule has 1 aromatic carbocycles. The summed E-state index contributed by atoms with van der Waals surface area (Å²) in [6, 6.07) is 5.39. The lowest BCUT2D eigenvalue weighted by Gasteiger charge is -2.26. The van der Waals surface area contributed by atoms with E-state index in [-0.39, 0.29) is 18.4 Å². The van der Waals surface area contributed by atoms with Crippen LogP contribution in [-0.4, -0.2) is 35.2 Å². The average molecular weight is 364 g/mol. The number of halogens is 1. The van der Waals surface area contributed by atoms with Crippen LogP contribution in [0.2, 0.25) is 0 Å². The molecule has 2 fully saturated rings. The van der Waals surface area contributed by atoms with Crippen molar-refractivity contribution in [2.45, 2.75) is 18.6 Å². The van der Waals surface area contributed by atoms with Crippen LogP contribution in [-0.2, 0) is 14.3 Å². The number of nitrogens with zero attached hydrogens (tertiary/aromatic N) is 1. The Morgan fingerprint density at radius 2 is 2.14 bits per heavy atom. The molecule has 0 radical (unpaired) electrons. The molecule has 1 N–H and O–H groups in total. The monoisotopic (exact) mass is 363 g/mol. The lowest BCUT2D eigenvalue weighted by Crippen LogP contribution is -2.43. The number of imide groups is 1. The first-order chi connectivity index (χ1) is 10.5. The van der Waals surface area contributed by atoms with Crippen LogP contribution in [0.5, 0.6) is 0 Å². The van der Waals surface area contributed by atoms with E-state index in [4.69, 9.17) is 4.74 Å². The van der Waals surface area contributed by atoms with Crippen molar-refractivity contribution >= 4 is 33.4 Å². The zero-order valence-corrected chi connectivity index (χ0v) is 13.4. The molecular weight excluding hydrogens is 350 g/mol. The maximum atomic E-state index is 12.8. The Bertz CT molecular complexity index is 731. The number of anilines is 1. The van der Waals surface area contributed by atoms with E-state index in [1.807, 2.05) is 13.0 Å². The lowest BCUT2D eigenvalue weighted by molar-refractivity contribution is -0.128. The zero-order valence-electron chi connectivity index (χ0n) is 11.8. The number of hydrogen-bond acceptors (Lipinski definition) is 4. The summed E-state index contributed by atoms with van der Waals surface area (Å²) in [5, 5.41) is 9.67. The third-order valence-corrected chi connectivity index (χ3v) is 5.67. The van der Waals surface area contributed by atoms with Crippen molar-refractivity contribution < 1.29 is 19.4 Å². The number of benzene rings is 1. The van der Waals surface area contributed by atoms with Crippen molar-refractivity contribution in [3.8, 4) is 0 Å². The van der Waals surface area contributed by atoms with Crippen LogP contribution in [0.4, 0.5) is 5.69 Å². The van der Waals surface area contributed by atoms with E-state index < -0.39 is 23.5 Å². The van der Waals surface area contributed by atoms with E-state index in [2.05, 4.69) is 15.9 Å². The zero-order chi connectivity index (χ0) is 15.6. The van der Waals surface area contributed by atoms with E-state index in [9.17, 15) is 14.7 Å². The SMILES string of the molecule is Cc1ccc(N2C(=O)[C@H]3[C@@H]4C=C[C@](CO)(O4)[C@@H]3C2=O)cc1Br. The number of rotatable bonds is 2.